The second-order valence-corrected chi connectivity index (χ2v) is 4.75. The van der Waals surface area contributed by atoms with Crippen molar-refractivity contribution in [3.63, 3.8) is 0 Å². The van der Waals surface area contributed by atoms with Crippen LogP contribution in [0.5, 0.6) is 0 Å². The molecular formula is C14H22N2O. The monoisotopic (exact) mass is 234 g/mol. The third-order valence-corrected chi connectivity index (χ3v) is 2.64. The lowest BCUT2D eigenvalue weighted by atomic mass is 10.1. The number of aromatic nitrogens is 1. The van der Waals surface area contributed by atoms with E-state index in [-0.39, 0.29) is 5.91 Å². The van der Waals surface area contributed by atoms with Crippen molar-refractivity contribution >= 4 is 5.91 Å². The third kappa shape index (κ3) is 6.72. The van der Waals surface area contributed by atoms with Crippen LogP contribution in [0.1, 0.15) is 38.7 Å². The standard InChI is InChI=1S/C14H22N2O/c1-12(2)5-3-10-16-14(17)8-7-13-6-4-9-15-11-13/h4,6,9,11-12H,3,5,7-8,10H2,1-2H3,(H,16,17). The van der Waals surface area contributed by atoms with Gasteiger partial charge in [0.2, 0.25) is 5.91 Å². The maximum Gasteiger partial charge on any atom is 0.220 e. The largest absolute Gasteiger partial charge is 0.356 e. The van der Waals surface area contributed by atoms with Gasteiger partial charge in [-0.2, -0.15) is 0 Å². The summed E-state index contributed by atoms with van der Waals surface area (Å²) in [6, 6.07) is 3.90. The van der Waals surface area contributed by atoms with Crippen LogP contribution in [0.4, 0.5) is 0 Å². The molecule has 94 valence electrons. The molecule has 0 atom stereocenters. The first-order chi connectivity index (χ1) is 8.18. The molecule has 0 saturated carbocycles. The molecule has 1 aromatic heterocycles. The molecule has 1 rings (SSSR count). The van der Waals surface area contributed by atoms with Crippen LogP contribution < -0.4 is 5.32 Å². The molecule has 3 nitrogen and oxygen atoms in total. The Hall–Kier alpha value is -1.38. The molecule has 0 bridgehead atoms. The Morgan fingerprint density at radius 2 is 2.29 bits per heavy atom. The number of carbonyl (C=O) groups excluding carboxylic acids is 1. The second-order valence-electron chi connectivity index (χ2n) is 4.75. The summed E-state index contributed by atoms with van der Waals surface area (Å²) in [5.74, 6) is 0.847. The number of amides is 1. The van der Waals surface area contributed by atoms with Gasteiger partial charge in [-0.05, 0) is 36.8 Å². The molecule has 1 amide bonds. The first-order valence-electron chi connectivity index (χ1n) is 6.34. The Kier molecular flexibility index (Phi) is 6.30. The second kappa shape index (κ2) is 7.82. The van der Waals surface area contributed by atoms with Gasteiger partial charge in [0.1, 0.15) is 0 Å². The fourth-order valence-electron chi connectivity index (χ4n) is 1.63. The van der Waals surface area contributed by atoms with Crippen molar-refractivity contribution in [1.82, 2.24) is 10.3 Å². The predicted octanol–water partition coefficient (Wildman–Crippen LogP) is 2.57. The normalized spacial score (nSPS) is 10.5. The number of carbonyl (C=O) groups is 1. The Bertz CT molecular complexity index is 322. The van der Waals surface area contributed by atoms with Gasteiger partial charge in [0.15, 0.2) is 0 Å². The third-order valence-electron chi connectivity index (χ3n) is 2.64. The molecule has 0 saturated heterocycles. The van der Waals surface area contributed by atoms with Crippen molar-refractivity contribution in [1.29, 1.82) is 0 Å². The van der Waals surface area contributed by atoms with E-state index in [4.69, 9.17) is 0 Å². The molecule has 3 heteroatoms. The quantitative estimate of drug-likeness (QED) is 0.737. The van der Waals surface area contributed by atoms with E-state index in [2.05, 4.69) is 24.1 Å². The molecule has 0 unspecified atom stereocenters. The van der Waals surface area contributed by atoms with Gasteiger partial charge in [-0.15, -0.1) is 0 Å². The van der Waals surface area contributed by atoms with Crippen molar-refractivity contribution in [2.45, 2.75) is 39.5 Å². The SMILES string of the molecule is CC(C)CCCNC(=O)CCc1cccnc1. The van der Waals surface area contributed by atoms with Gasteiger partial charge in [0.25, 0.3) is 0 Å². The molecule has 0 aliphatic carbocycles. The maximum atomic E-state index is 11.5. The molecule has 0 aliphatic rings. The lowest BCUT2D eigenvalue weighted by Crippen LogP contribution is -2.24. The Labute approximate surface area is 104 Å². The van der Waals surface area contributed by atoms with Crippen molar-refractivity contribution in [2.75, 3.05) is 6.54 Å². The minimum Gasteiger partial charge on any atom is -0.356 e. The summed E-state index contributed by atoms with van der Waals surface area (Å²) >= 11 is 0. The average Bonchev–Trinajstić information content (AvgIpc) is 2.33. The lowest BCUT2D eigenvalue weighted by Gasteiger charge is -2.06. The number of hydrogen-bond acceptors (Lipinski definition) is 2. The molecule has 0 radical (unpaired) electrons. The molecule has 17 heavy (non-hydrogen) atoms. The Morgan fingerprint density at radius 1 is 1.47 bits per heavy atom. The van der Waals surface area contributed by atoms with Gasteiger partial charge in [0.05, 0.1) is 0 Å². The number of nitrogens with one attached hydrogen (secondary N) is 1. The van der Waals surface area contributed by atoms with Gasteiger partial charge in [-0.25, -0.2) is 0 Å². The summed E-state index contributed by atoms with van der Waals surface area (Å²) in [5, 5.41) is 2.95. The van der Waals surface area contributed by atoms with Crippen molar-refractivity contribution in [3.8, 4) is 0 Å². The van der Waals surface area contributed by atoms with Gasteiger partial charge in [0, 0.05) is 25.4 Å². The van der Waals surface area contributed by atoms with E-state index in [0.717, 1.165) is 24.9 Å². The summed E-state index contributed by atoms with van der Waals surface area (Å²) in [4.78, 5) is 15.6. The van der Waals surface area contributed by atoms with E-state index in [1.54, 1.807) is 6.20 Å². The van der Waals surface area contributed by atoms with Crippen LogP contribution in [-0.2, 0) is 11.2 Å². The summed E-state index contributed by atoms with van der Waals surface area (Å²) in [6.07, 6.45) is 7.11. The minimum absolute atomic E-state index is 0.137. The summed E-state index contributed by atoms with van der Waals surface area (Å²) < 4.78 is 0. The van der Waals surface area contributed by atoms with E-state index in [9.17, 15) is 4.79 Å². The molecule has 1 N–H and O–H groups in total. The topological polar surface area (TPSA) is 42.0 Å². The summed E-state index contributed by atoms with van der Waals surface area (Å²) in [5.41, 5.74) is 1.12. The zero-order valence-corrected chi connectivity index (χ0v) is 10.8. The number of rotatable bonds is 7. The first-order valence-corrected chi connectivity index (χ1v) is 6.34. The van der Waals surface area contributed by atoms with Crippen LogP contribution in [0.25, 0.3) is 0 Å². The van der Waals surface area contributed by atoms with Crippen LogP contribution in [-0.4, -0.2) is 17.4 Å². The highest BCUT2D eigenvalue weighted by atomic mass is 16.1. The lowest BCUT2D eigenvalue weighted by molar-refractivity contribution is -0.121. The highest BCUT2D eigenvalue weighted by Crippen LogP contribution is 2.02. The molecule has 0 aromatic carbocycles. The number of hydrogen-bond donors (Lipinski definition) is 1. The van der Waals surface area contributed by atoms with E-state index in [0.29, 0.717) is 12.3 Å². The zero-order chi connectivity index (χ0) is 12.5. The van der Waals surface area contributed by atoms with Crippen LogP contribution in [0.15, 0.2) is 24.5 Å². The molecule has 1 aromatic rings. The smallest absolute Gasteiger partial charge is 0.220 e. The zero-order valence-electron chi connectivity index (χ0n) is 10.8. The molecule has 1 heterocycles. The number of nitrogens with zero attached hydrogens (tertiary/aromatic N) is 1. The van der Waals surface area contributed by atoms with Gasteiger partial charge in [-0.3, -0.25) is 9.78 Å². The van der Waals surface area contributed by atoms with Gasteiger partial charge < -0.3 is 5.32 Å². The minimum atomic E-state index is 0.137. The Morgan fingerprint density at radius 3 is 2.94 bits per heavy atom. The van der Waals surface area contributed by atoms with Crippen molar-refractivity contribution in [3.05, 3.63) is 30.1 Å². The molecule has 0 spiro atoms. The van der Waals surface area contributed by atoms with Crippen LogP contribution >= 0.6 is 0 Å². The highest BCUT2D eigenvalue weighted by Gasteiger charge is 2.02. The summed E-state index contributed by atoms with van der Waals surface area (Å²) in [6.45, 7) is 5.19. The first kappa shape index (κ1) is 13.7. The fourth-order valence-corrected chi connectivity index (χ4v) is 1.63. The molecule has 0 aliphatic heterocycles. The van der Waals surface area contributed by atoms with Crippen LogP contribution in [0, 0.1) is 5.92 Å². The number of pyridine rings is 1. The summed E-state index contributed by atoms with van der Waals surface area (Å²) in [7, 11) is 0. The van der Waals surface area contributed by atoms with Gasteiger partial charge >= 0.3 is 0 Å². The van der Waals surface area contributed by atoms with Crippen LogP contribution in [0.2, 0.25) is 0 Å². The molecule has 0 fully saturated rings. The van der Waals surface area contributed by atoms with E-state index < -0.39 is 0 Å². The fraction of sp³-hybridized carbons (Fsp3) is 0.571. The van der Waals surface area contributed by atoms with E-state index >= 15 is 0 Å². The van der Waals surface area contributed by atoms with Crippen molar-refractivity contribution in [2.24, 2.45) is 5.92 Å². The van der Waals surface area contributed by atoms with Gasteiger partial charge in [-0.1, -0.05) is 19.9 Å². The average molecular weight is 234 g/mol. The number of aryl methyl sites for hydroxylation is 1. The van der Waals surface area contributed by atoms with Crippen molar-refractivity contribution < 1.29 is 4.79 Å². The predicted molar refractivity (Wildman–Crippen MR) is 69.6 cm³/mol. The van der Waals surface area contributed by atoms with E-state index in [1.165, 1.54) is 6.42 Å². The van der Waals surface area contributed by atoms with E-state index in [1.807, 2.05) is 18.3 Å². The Balaban J connectivity index is 2.09. The highest BCUT2D eigenvalue weighted by molar-refractivity contribution is 5.76. The van der Waals surface area contributed by atoms with Crippen LogP contribution in [0.3, 0.4) is 0 Å². The maximum absolute atomic E-state index is 11.5. The molecular weight excluding hydrogens is 212 g/mol.